The first-order valence-corrected chi connectivity index (χ1v) is 6.63. The van der Waals surface area contributed by atoms with Gasteiger partial charge in [0.05, 0.1) is 4.34 Å². The van der Waals surface area contributed by atoms with Crippen LogP contribution < -0.4 is 11.1 Å². The van der Waals surface area contributed by atoms with Gasteiger partial charge in [0, 0.05) is 22.7 Å². The molecular formula is C12H11ClN2S2. The van der Waals surface area contributed by atoms with Crippen molar-refractivity contribution in [2.45, 2.75) is 6.54 Å². The van der Waals surface area contributed by atoms with E-state index in [9.17, 15) is 0 Å². The Morgan fingerprint density at radius 3 is 2.47 bits per heavy atom. The van der Waals surface area contributed by atoms with Gasteiger partial charge in [0.25, 0.3) is 0 Å². The number of halogens is 1. The molecule has 0 atom stereocenters. The molecule has 17 heavy (non-hydrogen) atoms. The van der Waals surface area contributed by atoms with Crippen molar-refractivity contribution in [2.24, 2.45) is 5.73 Å². The average molecular weight is 283 g/mol. The maximum absolute atomic E-state index is 5.86. The van der Waals surface area contributed by atoms with Gasteiger partial charge in [0.2, 0.25) is 0 Å². The molecule has 1 aromatic heterocycles. The third kappa shape index (κ3) is 3.43. The van der Waals surface area contributed by atoms with Crippen LogP contribution in [0.15, 0.2) is 36.4 Å². The van der Waals surface area contributed by atoms with E-state index in [4.69, 9.17) is 29.6 Å². The summed E-state index contributed by atoms with van der Waals surface area (Å²) in [5, 5.41) is 3.31. The quantitative estimate of drug-likeness (QED) is 0.841. The van der Waals surface area contributed by atoms with Gasteiger partial charge in [0.1, 0.15) is 4.99 Å². The molecule has 2 rings (SSSR count). The summed E-state index contributed by atoms with van der Waals surface area (Å²) in [6.45, 7) is 0.768. The third-order valence-corrected chi connectivity index (χ3v) is 3.73. The maximum Gasteiger partial charge on any atom is 0.103 e. The summed E-state index contributed by atoms with van der Waals surface area (Å²) in [6, 6.07) is 11.7. The first-order chi connectivity index (χ1) is 8.15. The second kappa shape index (κ2) is 5.49. The van der Waals surface area contributed by atoms with E-state index < -0.39 is 0 Å². The smallest absolute Gasteiger partial charge is 0.103 e. The van der Waals surface area contributed by atoms with Crippen LogP contribution in [0.5, 0.6) is 0 Å². The minimum atomic E-state index is 0.418. The zero-order valence-corrected chi connectivity index (χ0v) is 11.3. The van der Waals surface area contributed by atoms with Gasteiger partial charge in [-0.05, 0) is 36.4 Å². The number of nitrogens with one attached hydrogen (secondary N) is 1. The van der Waals surface area contributed by atoms with Crippen molar-refractivity contribution in [3.63, 3.8) is 0 Å². The van der Waals surface area contributed by atoms with E-state index in [0.29, 0.717) is 4.99 Å². The van der Waals surface area contributed by atoms with Crippen molar-refractivity contribution in [3.8, 4) is 0 Å². The van der Waals surface area contributed by atoms with Gasteiger partial charge in [-0.25, -0.2) is 0 Å². The first kappa shape index (κ1) is 12.4. The van der Waals surface area contributed by atoms with Crippen LogP contribution >= 0.6 is 35.2 Å². The maximum atomic E-state index is 5.86. The molecule has 2 aromatic rings. The fraction of sp³-hybridized carbons (Fsp3) is 0.0833. The molecule has 88 valence electrons. The van der Waals surface area contributed by atoms with E-state index in [-0.39, 0.29) is 0 Å². The summed E-state index contributed by atoms with van der Waals surface area (Å²) in [4.78, 5) is 1.62. The minimum absolute atomic E-state index is 0.418. The monoisotopic (exact) mass is 282 g/mol. The van der Waals surface area contributed by atoms with Crippen molar-refractivity contribution in [1.29, 1.82) is 0 Å². The van der Waals surface area contributed by atoms with E-state index in [2.05, 4.69) is 5.32 Å². The van der Waals surface area contributed by atoms with Gasteiger partial charge in [-0.2, -0.15) is 0 Å². The lowest BCUT2D eigenvalue weighted by Crippen LogP contribution is -2.09. The molecule has 0 fully saturated rings. The largest absolute Gasteiger partial charge is 0.389 e. The lowest BCUT2D eigenvalue weighted by atomic mass is 10.2. The lowest BCUT2D eigenvalue weighted by Gasteiger charge is -2.05. The Morgan fingerprint density at radius 2 is 1.94 bits per heavy atom. The molecule has 0 unspecified atom stereocenters. The Balaban J connectivity index is 1.97. The van der Waals surface area contributed by atoms with Crippen LogP contribution in [0.2, 0.25) is 4.34 Å². The van der Waals surface area contributed by atoms with Crippen LogP contribution in [0, 0.1) is 0 Å². The summed E-state index contributed by atoms with van der Waals surface area (Å²) in [7, 11) is 0. The summed E-state index contributed by atoms with van der Waals surface area (Å²) in [5.74, 6) is 0. The number of benzene rings is 1. The Labute approximate surface area is 114 Å². The fourth-order valence-corrected chi connectivity index (χ4v) is 2.55. The highest BCUT2D eigenvalue weighted by Gasteiger charge is 1.99. The second-order valence-corrected chi connectivity index (χ2v) is 5.74. The number of rotatable bonds is 4. The molecule has 0 aliphatic carbocycles. The molecule has 0 radical (unpaired) electrons. The van der Waals surface area contributed by atoms with Crippen molar-refractivity contribution < 1.29 is 0 Å². The summed E-state index contributed by atoms with van der Waals surface area (Å²) >= 11 is 12.3. The van der Waals surface area contributed by atoms with E-state index in [1.807, 2.05) is 36.4 Å². The SMILES string of the molecule is NC(=S)c1ccc(NCc2ccc(Cl)s2)cc1. The summed E-state index contributed by atoms with van der Waals surface area (Å²) in [6.07, 6.45) is 0. The van der Waals surface area contributed by atoms with Crippen LogP contribution in [0.1, 0.15) is 10.4 Å². The van der Waals surface area contributed by atoms with Crippen molar-refractivity contribution >= 4 is 45.8 Å². The van der Waals surface area contributed by atoms with E-state index >= 15 is 0 Å². The molecule has 1 aromatic carbocycles. The zero-order chi connectivity index (χ0) is 12.3. The predicted molar refractivity (Wildman–Crippen MR) is 79.0 cm³/mol. The third-order valence-electron chi connectivity index (χ3n) is 2.27. The number of hydrogen-bond acceptors (Lipinski definition) is 3. The molecule has 2 nitrogen and oxygen atoms in total. The van der Waals surface area contributed by atoms with Crippen molar-refractivity contribution in [3.05, 3.63) is 51.2 Å². The van der Waals surface area contributed by atoms with Crippen LogP contribution in [0.4, 0.5) is 5.69 Å². The van der Waals surface area contributed by atoms with Crippen LogP contribution in [0.3, 0.4) is 0 Å². The van der Waals surface area contributed by atoms with Crippen LogP contribution in [-0.2, 0) is 6.54 Å². The Kier molecular flexibility index (Phi) is 3.99. The predicted octanol–water partition coefficient (Wildman–Crippen LogP) is 3.65. The molecule has 0 saturated carbocycles. The van der Waals surface area contributed by atoms with Crippen LogP contribution in [0.25, 0.3) is 0 Å². The molecule has 0 aliphatic rings. The first-order valence-electron chi connectivity index (χ1n) is 5.03. The van der Waals surface area contributed by atoms with E-state index in [1.165, 1.54) is 4.88 Å². The highest BCUT2D eigenvalue weighted by atomic mass is 35.5. The number of thiocarbonyl (C=S) groups is 1. The Bertz CT molecular complexity index is 520. The van der Waals surface area contributed by atoms with Crippen LogP contribution in [-0.4, -0.2) is 4.99 Å². The van der Waals surface area contributed by atoms with Gasteiger partial charge >= 0.3 is 0 Å². The van der Waals surface area contributed by atoms with Gasteiger partial charge < -0.3 is 11.1 Å². The van der Waals surface area contributed by atoms with E-state index in [0.717, 1.165) is 22.1 Å². The Morgan fingerprint density at radius 1 is 1.24 bits per heavy atom. The van der Waals surface area contributed by atoms with Crippen molar-refractivity contribution in [2.75, 3.05) is 5.32 Å². The number of anilines is 1. The molecule has 1 heterocycles. The molecule has 0 aliphatic heterocycles. The molecule has 3 N–H and O–H groups in total. The highest BCUT2D eigenvalue weighted by Crippen LogP contribution is 2.22. The number of thiophene rings is 1. The minimum Gasteiger partial charge on any atom is -0.389 e. The molecule has 0 bridgehead atoms. The summed E-state index contributed by atoms with van der Waals surface area (Å²) in [5.41, 5.74) is 7.45. The van der Waals surface area contributed by atoms with Crippen molar-refractivity contribution in [1.82, 2.24) is 0 Å². The number of hydrogen-bond donors (Lipinski definition) is 2. The average Bonchev–Trinajstić information content (AvgIpc) is 2.73. The molecule has 0 amide bonds. The second-order valence-electron chi connectivity index (χ2n) is 3.50. The molecule has 0 spiro atoms. The molecule has 5 heteroatoms. The Hall–Kier alpha value is -1.10. The zero-order valence-electron chi connectivity index (χ0n) is 8.94. The normalized spacial score (nSPS) is 10.2. The summed E-state index contributed by atoms with van der Waals surface area (Å²) < 4.78 is 0.811. The van der Waals surface area contributed by atoms with Gasteiger partial charge in [-0.15, -0.1) is 11.3 Å². The standard InChI is InChI=1S/C12H11ClN2S2/c13-11-6-5-10(17-11)7-15-9-3-1-8(2-4-9)12(14)16/h1-6,15H,7H2,(H2,14,16). The number of nitrogens with two attached hydrogens (primary N) is 1. The van der Waals surface area contributed by atoms with E-state index in [1.54, 1.807) is 11.3 Å². The van der Waals surface area contributed by atoms with Gasteiger partial charge in [-0.1, -0.05) is 23.8 Å². The fourth-order valence-electron chi connectivity index (χ4n) is 1.39. The molecule has 0 saturated heterocycles. The molecular weight excluding hydrogens is 272 g/mol. The highest BCUT2D eigenvalue weighted by molar-refractivity contribution is 7.80. The van der Waals surface area contributed by atoms with Gasteiger partial charge in [0.15, 0.2) is 0 Å². The van der Waals surface area contributed by atoms with Gasteiger partial charge in [-0.3, -0.25) is 0 Å². The topological polar surface area (TPSA) is 38.0 Å². The lowest BCUT2D eigenvalue weighted by molar-refractivity contribution is 1.19.